The van der Waals surface area contributed by atoms with Crippen molar-refractivity contribution in [1.29, 1.82) is 0 Å². The molecule has 2 aliphatic rings. The molecule has 0 aromatic heterocycles. The van der Waals surface area contributed by atoms with Gasteiger partial charge in [-0.2, -0.15) is 0 Å². The number of carbonyl (C=O) groups is 2. The fraction of sp³-hybridized carbons (Fsp3) is 0.714. The van der Waals surface area contributed by atoms with Gasteiger partial charge in [0.2, 0.25) is 0 Å². The van der Waals surface area contributed by atoms with Gasteiger partial charge in [0.1, 0.15) is 0 Å². The summed E-state index contributed by atoms with van der Waals surface area (Å²) in [6.45, 7) is 5.39. The van der Waals surface area contributed by atoms with Crippen molar-refractivity contribution in [2.75, 3.05) is 19.6 Å². The number of hydrogen-bond donors (Lipinski definition) is 2. The lowest BCUT2D eigenvalue weighted by Crippen LogP contribution is -2.41. The van der Waals surface area contributed by atoms with E-state index < -0.39 is 11.4 Å². The number of likely N-dealkylation sites (tertiary alicyclic amines) is 1. The minimum Gasteiger partial charge on any atom is -0.481 e. The third-order valence-corrected chi connectivity index (χ3v) is 4.35. The van der Waals surface area contributed by atoms with Crippen LogP contribution >= 0.6 is 0 Å². The van der Waals surface area contributed by atoms with Gasteiger partial charge in [0.05, 0.1) is 5.41 Å². The third kappa shape index (κ3) is 2.60. The summed E-state index contributed by atoms with van der Waals surface area (Å²) in [6.07, 6.45) is 4.53. The van der Waals surface area contributed by atoms with E-state index in [0.29, 0.717) is 26.1 Å². The summed E-state index contributed by atoms with van der Waals surface area (Å²) < 4.78 is 0. The molecule has 2 N–H and O–H groups in total. The molecule has 2 atom stereocenters. The average molecular weight is 266 g/mol. The van der Waals surface area contributed by atoms with Crippen molar-refractivity contribution in [3.8, 4) is 0 Å². The van der Waals surface area contributed by atoms with E-state index in [1.807, 2.05) is 19.9 Å². The van der Waals surface area contributed by atoms with Crippen LogP contribution in [-0.2, 0) is 4.79 Å². The molecule has 1 saturated carbocycles. The van der Waals surface area contributed by atoms with Gasteiger partial charge in [-0.1, -0.05) is 18.1 Å². The molecule has 0 aromatic carbocycles. The molecule has 2 amide bonds. The van der Waals surface area contributed by atoms with Crippen LogP contribution in [0.15, 0.2) is 11.6 Å². The molecular weight excluding hydrogens is 244 g/mol. The van der Waals surface area contributed by atoms with Crippen LogP contribution in [0.5, 0.6) is 0 Å². The monoisotopic (exact) mass is 266 g/mol. The average Bonchev–Trinajstić information content (AvgIpc) is 2.84. The summed E-state index contributed by atoms with van der Waals surface area (Å²) in [5.41, 5.74) is 0.467. The summed E-state index contributed by atoms with van der Waals surface area (Å²) >= 11 is 0. The van der Waals surface area contributed by atoms with E-state index >= 15 is 0 Å². The zero-order chi connectivity index (χ0) is 14.0. The molecule has 1 heterocycles. The van der Waals surface area contributed by atoms with Gasteiger partial charge in [-0.3, -0.25) is 4.79 Å². The second-order valence-corrected chi connectivity index (χ2v) is 5.90. The number of hydrogen-bond acceptors (Lipinski definition) is 2. The molecule has 2 fully saturated rings. The van der Waals surface area contributed by atoms with E-state index in [9.17, 15) is 14.7 Å². The highest BCUT2D eigenvalue weighted by Crippen LogP contribution is 2.48. The Hall–Kier alpha value is -1.52. The summed E-state index contributed by atoms with van der Waals surface area (Å²) in [5, 5.41) is 12.3. The Morgan fingerprint density at radius 2 is 2.21 bits per heavy atom. The van der Waals surface area contributed by atoms with E-state index in [-0.39, 0.29) is 11.9 Å². The van der Waals surface area contributed by atoms with Gasteiger partial charge >= 0.3 is 12.0 Å². The fourth-order valence-corrected chi connectivity index (χ4v) is 3.25. The number of carbonyl (C=O) groups excluding carboxylic acids is 1. The Morgan fingerprint density at radius 3 is 2.79 bits per heavy atom. The molecule has 0 radical (unpaired) electrons. The Bertz CT molecular complexity index is 415. The Morgan fingerprint density at radius 1 is 1.47 bits per heavy atom. The molecule has 2 rings (SSSR count). The van der Waals surface area contributed by atoms with E-state index in [2.05, 4.69) is 5.32 Å². The van der Waals surface area contributed by atoms with Crippen LogP contribution in [0.2, 0.25) is 0 Å². The summed E-state index contributed by atoms with van der Waals surface area (Å²) in [4.78, 5) is 25.2. The number of carboxylic acid groups (broad SMARTS) is 1. The minimum absolute atomic E-state index is 0.124. The molecule has 5 heteroatoms. The van der Waals surface area contributed by atoms with Gasteiger partial charge in [0.25, 0.3) is 0 Å². The van der Waals surface area contributed by atoms with Crippen molar-refractivity contribution in [2.45, 2.75) is 33.1 Å². The molecule has 0 bridgehead atoms. The smallest absolute Gasteiger partial charge is 0.317 e. The second-order valence-electron chi connectivity index (χ2n) is 5.90. The molecule has 1 aliphatic heterocycles. The number of allylic oxidation sites excluding steroid dienone is 1. The predicted molar refractivity (Wildman–Crippen MR) is 71.8 cm³/mol. The van der Waals surface area contributed by atoms with Crippen LogP contribution < -0.4 is 5.32 Å². The Balaban J connectivity index is 1.96. The van der Waals surface area contributed by atoms with E-state index in [0.717, 1.165) is 18.4 Å². The molecule has 5 nitrogen and oxygen atoms in total. The topological polar surface area (TPSA) is 69.6 Å². The lowest BCUT2D eigenvalue weighted by Gasteiger charge is -2.23. The van der Waals surface area contributed by atoms with Gasteiger partial charge in [0, 0.05) is 19.6 Å². The standard InChI is InChI=1S/C14H22N2O3/c1-10(2)5-7-15-13(19)16-8-11-4-3-6-14(11,9-16)12(17)18/h5,11H,3-4,6-9H2,1-2H3,(H,15,19)(H,17,18)/t11-,14+/m0/s1. The molecule has 0 spiro atoms. The highest BCUT2D eigenvalue weighted by atomic mass is 16.4. The first-order chi connectivity index (χ1) is 8.95. The number of nitrogens with zero attached hydrogens (tertiary/aromatic N) is 1. The maximum absolute atomic E-state index is 12.0. The van der Waals surface area contributed by atoms with Crippen molar-refractivity contribution in [3.63, 3.8) is 0 Å². The molecule has 1 aliphatic carbocycles. The molecule has 0 aromatic rings. The first kappa shape index (κ1) is 13.9. The van der Waals surface area contributed by atoms with Crippen LogP contribution in [0.25, 0.3) is 0 Å². The van der Waals surface area contributed by atoms with Crippen LogP contribution in [0.3, 0.4) is 0 Å². The zero-order valence-corrected chi connectivity index (χ0v) is 11.6. The van der Waals surface area contributed by atoms with Gasteiger partial charge < -0.3 is 15.3 Å². The van der Waals surface area contributed by atoms with Crippen LogP contribution in [0.4, 0.5) is 4.79 Å². The summed E-state index contributed by atoms with van der Waals surface area (Å²) in [6, 6.07) is -0.146. The molecule has 19 heavy (non-hydrogen) atoms. The third-order valence-electron chi connectivity index (χ3n) is 4.35. The van der Waals surface area contributed by atoms with Crippen molar-refractivity contribution in [1.82, 2.24) is 10.2 Å². The highest BCUT2D eigenvalue weighted by Gasteiger charge is 2.55. The fourth-order valence-electron chi connectivity index (χ4n) is 3.25. The number of nitrogens with one attached hydrogen (secondary N) is 1. The normalized spacial score (nSPS) is 28.9. The zero-order valence-electron chi connectivity index (χ0n) is 11.6. The predicted octanol–water partition coefficient (Wildman–Crippen LogP) is 1.85. The number of rotatable bonds is 3. The maximum atomic E-state index is 12.0. The minimum atomic E-state index is -0.741. The molecule has 106 valence electrons. The summed E-state index contributed by atoms with van der Waals surface area (Å²) in [7, 11) is 0. The van der Waals surface area contributed by atoms with E-state index in [1.54, 1.807) is 4.90 Å². The van der Waals surface area contributed by atoms with Crippen molar-refractivity contribution in [2.24, 2.45) is 11.3 Å². The van der Waals surface area contributed by atoms with Crippen LogP contribution in [0.1, 0.15) is 33.1 Å². The van der Waals surface area contributed by atoms with Crippen LogP contribution in [-0.4, -0.2) is 41.6 Å². The van der Waals surface area contributed by atoms with Crippen molar-refractivity contribution in [3.05, 3.63) is 11.6 Å². The second kappa shape index (κ2) is 5.23. The first-order valence-electron chi connectivity index (χ1n) is 6.85. The number of amides is 2. The first-order valence-corrected chi connectivity index (χ1v) is 6.85. The molecular formula is C14H22N2O3. The van der Waals surface area contributed by atoms with Gasteiger partial charge in [-0.05, 0) is 32.6 Å². The highest BCUT2D eigenvalue weighted by molar-refractivity contribution is 5.80. The number of aliphatic carboxylic acids is 1. The Labute approximate surface area is 113 Å². The quantitative estimate of drug-likeness (QED) is 0.766. The number of fused-ring (bicyclic) bond motifs is 1. The van der Waals surface area contributed by atoms with Crippen molar-refractivity contribution < 1.29 is 14.7 Å². The van der Waals surface area contributed by atoms with Crippen molar-refractivity contribution >= 4 is 12.0 Å². The van der Waals surface area contributed by atoms with Gasteiger partial charge in [-0.25, -0.2) is 4.79 Å². The Kier molecular flexibility index (Phi) is 3.83. The molecule has 1 saturated heterocycles. The van der Waals surface area contributed by atoms with Gasteiger partial charge in [0.15, 0.2) is 0 Å². The molecule has 0 unspecified atom stereocenters. The van der Waals surface area contributed by atoms with E-state index in [1.165, 1.54) is 0 Å². The lowest BCUT2D eigenvalue weighted by atomic mass is 9.81. The largest absolute Gasteiger partial charge is 0.481 e. The SMILES string of the molecule is CC(C)=CCNC(=O)N1C[C@@H]2CCC[C@@]2(C(=O)O)C1. The van der Waals surface area contributed by atoms with Crippen LogP contribution in [0, 0.1) is 11.3 Å². The number of carboxylic acids is 1. The lowest BCUT2D eigenvalue weighted by molar-refractivity contribution is -0.149. The summed E-state index contributed by atoms with van der Waals surface area (Å²) in [5.74, 6) is -0.617. The van der Waals surface area contributed by atoms with E-state index in [4.69, 9.17) is 0 Å². The maximum Gasteiger partial charge on any atom is 0.317 e. The number of urea groups is 1. The van der Waals surface area contributed by atoms with Gasteiger partial charge in [-0.15, -0.1) is 0 Å².